The molecule has 0 amide bonds. The maximum Gasteiger partial charge on any atom is 0.0777 e. The molecule has 1 aromatic heterocycles. The largest absolute Gasteiger partial charge is 0.388 e. The molecule has 1 aromatic rings. The summed E-state index contributed by atoms with van der Waals surface area (Å²) in [6.07, 6.45) is 4.20. The van der Waals surface area contributed by atoms with E-state index in [4.69, 9.17) is 4.74 Å². The quantitative estimate of drug-likeness (QED) is 0.887. The van der Waals surface area contributed by atoms with Crippen molar-refractivity contribution in [2.75, 3.05) is 32.6 Å². The molecule has 1 atom stereocenters. The summed E-state index contributed by atoms with van der Waals surface area (Å²) in [7, 11) is 3.74. The molecule has 0 aromatic carbocycles. The van der Waals surface area contributed by atoms with Crippen molar-refractivity contribution in [1.29, 1.82) is 0 Å². The molecular formula is C14H23N3O. The minimum absolute atomic E-state index is 0.00112. The molecule has 1 fully saturated rings. The second kappa shape index (κ2) is 5.67. The third-order valence-corrected chi connectivity index (χ3v) is 3.72. The van der Waals surface area contributed by atoms with E-state index in [1.807, 2.05) is 26.4 Å². The van der Waals surface area contributed by atoms with Gasteiger partial charge in [-0.05, 0) is 38.4 Å². The molecule has 2 rings (SSSR count). The number of aromatic nitrogens is 1. The summed E-state index contributed by atoms with van der Waals surface area (Å²) in [4.78, 5) is 6.86. The summed E-state index contributed by atoms with van der Waals surface area (Å²) in [5.41, 5.74) is 2.23. The Morgan fingerprint density at radius 2 is 2.39 bits per heavy atom. The van der Waals surface area contributed by atoms with Crippen LogP contribution in [0, 0.1) is 0 Å². The summed E-state index contributed by atoms with van der Waals surface area (Å²) in [6.45, 7) is 5.20. The number of ether oxygens (including phenoxy) is 1. The molecule has 1 aliphatic rings. The lowest BCUT2D eigenvalue weighted by Gasteiger charge is -2.39. The predicted octanol–water partition coefficient (Wildman–Crippen LogP) is 2.12. The highest BCUT2D eigenvalue weighted by Crippen LogP contribution is 2.24. The number of nitrogens with zero attached hydrogens (tertiary/aromatic N) is 2. The SMILES string of the molecule is CNc1ccnc(CN2CCCC(C)(OC)C2)c1. The standard InChI is InChI=1S/C14H23N3O/c1-14(18-3)6-4-8-17(11-14)10-13-9-12(15-2)5-7-16-13/h5,7,9H,4,6,8,10-11H2,1-3H3,(H,15,16). The number of rotatable bonds is 4. The highest BCUT2D eigenvalue weighted by Gasteiger charge is 2.30. The van der Waals surface area contributed by atoms with E-state index in [0.717, 1.165) is 37.4 Å². The minimum Gasteiger partial charge on any atom is -0.388 e. The molecule has 1 N–H and O–H groups in total. The summed E-state index contributed by atoms with van der Waals surface area (Å²) in [5, 5.41) is 3.15. The number of nitrogens with one attached hydrogen (secondary N) is 1. The van der Waals surface area contributed by atoms with Gasteiger partial charge in [-0.15, -0.1) is 0 Å². The maximum atomic E-state index is 5.62. The van der Waals surface area contributed by atoms with Crippen LogP contribution in [0.3, 0.4) is 0 Å². The van der Waals surface area contributed by atoms with Crippen molar-refractivity contribution in [3.63, 3.8) is 0 Å². The molecule has 1 saturated heterocycles. The lowest BCUT2D eigenvalue weighted by molar-refractivity contribution is -0.0529. The number of piperidine rings is 1. The van der Waals surface area contributed by atoms with Crippen molar-refractivity contribution in [1.82, 2.24) is 9.88 Å². The maximum absolute atomic E-state index is 5.62. The van der Waals surface area contributed by atoms with Gasteiger partial charge in [-0.3, -0.25) is 9.88 Å². The van der Waals surface area contributed by atoms with Gasteiger partial charge in [-0.25, -0.2) is 0 Å². The van der Waals surface area contributed by atoms with Crippen LogP contribution in [0.2, 0.25) is 0 Å². The Labute approximate surface area is 109 Å². The van der Waals surface area contributed by atoms with Crippen molar-refractivity contribution in [2.45, 2.75) is 31.9 Å². The van der Waals surface area contributed by atoms with Crippen molar-refractivity contribution in [3.8, 4) is 0 Å². The summed E-state index contributed by atoms with van der Waals surface area (Å²) in [6, 6.07) is 4.09. The molecule has 1 unspecified atom stereocenters. The summed E-state index contributed by atoms with van der Waals surface area (Å²) >= 11 is 0. The van der Waals surface area contributed by atoms with Crippen molar-refractivity contribution >= 4 is 5.69 Å². The van der Waals surface area contributed by atoms with Gasteiger partial charge >= 0.3 is 0 Å². The Morgan fingerprint density at radius 3 is 3.11 bits per heavy atom. The highest BCUT2D eigenvalue weighted by molar-refractivity contribution is 5.42. The topological polar surface area (TPSA) is 37.4 Å². The van der Waals surface area contributed by atoms with Crippen LogP contribution in [0.25, 0.3) is 0 Å². The average Bonchev–Trinajstić information content (AvgIpc) is 2.39. The van der Waals surface area contributed by atoms with Gasteiger partial charge in [0.1, 0.15) is 0 Å². The van der Waals surface area contributed by atoms with E-state index >= 15 is 0 Å². The van der Waals surface area contributed by atoms with Gasteiger partial charge in [0.15, 0.2) is 0 Å². The summed E-state index contributed by atoms with van der Waals surface area (Å²) in [5.74, 6) is 0. The third kappa shape index (κ3) is 3.21. The van der Waals surface area contributed by atoms with Gasteiger partial charge in [-0.1, -0.05) is 0 Å². The Bertz CT molecular complexity index is 396. The van der Waals surface area contributed by atoms with E-state index in [0.29, 0.717) is 0 Å². The van der Waals surface area contributed by atoms with Crippen LogP contribution in [0.5, 0.6) is 0 Å². The van der Waals surface area contributed by atoms with Crippen molar-refractivity contribution < 1.29 is 4.74 Å². The number of likely N-dealkylation sites (tertiary alicyclic amines) is 1. The van der Waals surface area contributed by atoms with Crippen molar-refractivity contribution in [2.24, 2.45) is 0 Å². The van der Waals surface area contributed by atoms with Crippen LogP contribution in [-0.2, 0) is 11.3 Å². The van der Waals surface area contributed by atoms with E-state index in [1.54, 1.807) is 0 Å². The van der Waals surface area contributed by atoms with E-state index in [1.165, 1.54) is 6.42 Å². The first kappa shape index (κ1) is 13.3. The third-order valence-electron chi connectivity index (χ3n) is 3.72. The predicted molar refractivity (Wildman–Crippen MR) is 73.7 cm³/mol. The first-order valence-corrected chi connectivity index (χ1v) is 6.55. The first-order valence-electron chi connectivity index (χ1n) is 6.55. The Kier molecular flexibility index (Phi) is 4.19. The highest BCUT2D eigenvalue weighted by atomic mass is 16.5. The van der Waals surface area contributed by atoms with Crippen LogP contribution < -0.4 is 5.32 Å². The second-order valence-electron chi connectivity index (χ2n) is 5.25. The van der Waals surface area contributed by atoms with Crippen LogP contribution in [0.15, 0.2) is 18.3 Å². The molecule has 100 valence electrons. The fourth-order valence-electron chi connectivity index (χ4n) is 2.56. The number of anilines is 1. The zero-order valence-electron chi connectivity index (χ0n) is 11.6. The molecule has 1 aliphatic heterocycles. The van der Waals surface area contributed by atoms with Crippen LogP contribution in [-0.4, -0.2) is 42.7 Å². The first-order chi connectivity index (χ1) is 8.65. The molecule has 4 heteroatoms. The normalized spacial score (nSPS) is 25.1. The minimum atomic E-state index is -0.00112. The number of hydrogen-bond donors (Lipinski definition) is 1. The van der Waals surface area contributed by atoms with E-state index in [9.17, 15) is 0 Å². The number of hydrogen-bond acceptors (Lipinski definition) is 4. The van der Waals surface area contributed by atoms with E-state index in [-0.39, 0.29) is 5.60 Å². The molecule has 0 radical (unpaired) electrons. The molecule has 0 bridgehead atoms. The van der Waals surface area contributed by atoms with Crippen LogP contribution >= 0.6 is 0 Å². The second-order valence-corrected chi connectivity index (χ2v) is 5.25. The van der Waals surface area contributed by atoms with Gasteiger partial charge in [0.2, 0.25) is 0 Å². The number of pyridine rings is 1. The molecular weight excluding hydrogens is 226 g/mol. The Hall–Kier alpha value is -1.13. The molecule has 2 heterocycles. The fraction of sp³-hybridized carbons (Fsp3) is 0.643. The average molecular weight is 249 g/mol. The Balaban J connectivity index is 2.00. The van der Waals surface area contributed by atoms with E-state index < -0.39 is 0 Å². The molecule has 0 saturated carbocycles. The lowest BCUT2D eigenvalue weighted by atomic mass is 9.94. The van der Waals surface area contributed by atoms with Crippen molar-refractivity contribution in [3.05, 3.63) is 24.0 Å². The van der Waals surface area contributed by atoms with Gasteiger partial charge in [0, 0.05) is 39.1 Å². The molecule has 18 heavy (non-hydrogen) atoms. The van der Waals surface area contributed by atoms with E-state index in [2.05, 4.69) is 28.2 Å². The number of methoxy groups -OCH3 is 1. The molecule has 0 spiro atoms. The van der Waals surface area contributed by atoms with Gasteiger partial charge in [0.25, 0.3) is 0 Å². The lowest BCUT2D eigenvalue weighted by Crippen LogP contribution is -2.46. The van der Waals surface area contributed by atoms with Gasteiger partial charge in [0.05, 0.1) is 11.3 Å². The Morgan fingerprint density at radius 1 is 1.56 bits per heavy atom. The van der Waals surface area contributed by atoms with Gasteiger partial charge in [-0.2, -0.15) is 0 Å². The fourth-order valence-corrected chi connectivity index (χ4v) is 2.56. The zero-order chi connectivity index (χ0) is 13.0. The zero-order valence-corrected chi connectivity index (χ0v) is 11.6. The monoisotopic (exact) mass is 249 g/mol. The molecule has 4 nitrogen and oxygen atoms in total. The summed E-state index contributed by atoms with van der Waals surface area (Å²) < 4.78 is 5.62. The van der Waals surface area contributed by atoms with Crippen LogP contribution in [0.4, 0.5) is 5.69 Å². The van der Waals surface area contributed by atoms with Crippen LogP contribution in [0.1, 0.15) is 25.5 Å². The smallest absolute Gasteiger partial charge is 0.0777 e. The van der Waals surface area contributed by atoms with Gasteiger partial charge < -0.3 is 10.1 Å². The molecule has 0 aliphatic carbocycles.